The molecule has 0 spiro atoms. The molecule has 0 amide bonds. The Labute approximate surface area is 106 Å². The monoisotopic (exact) mass is 275 g/mol. The Morgan fingerprint density at radius 2 is 1.82 bits per heavy atom. The van der Waals surface area contributed by atoms with Crippen LogP contribution in [0.25, 0.3) is 0 Å². The standard InChI is InChI=1S/C11H14ClNO3S/c1-3-17(15,16)11(2,12)10(14)8-4-6-9(13)7-5-8/h4-7H,3,13H2,1-2H3. The lowest BCUT2D eigenvalue weighted by molar-refractivity contribution is 0.0978. The first-order valence-corrected chi connectivity index (χ1v) is 7.07. The van der Waals surface area contributed by atoms with Gasteiger partial charge in [-0.1, -0.05) is 18.5 Å². The number of halogens is 1. The second-order valence-corrected chi connectivity index (χ2v) is 7.37. The van der Waals surface area contributed by atoms with E-state index in [0.717, 1.165) is 0 Å². The molecule has 2 N–H and O–H groups in total. The molecule has 1 rings (SSSR count). The van der Waals surface area contributed by atoms with Gasteiger partial charge in [0.25, 0.3) is 0 Å². The van der Waals surface area contributed by atoms with E-state index in [1.54, 1.807) is 0 Å². The minimum Gasteiger partial charge on any atom is -0.399 e. The molecule has 94 valence electrons. The quantitative estimate of drug-likeness (QED) is 0.517. The number of hydrogen-bond acceptors (Lipinski definition) is 4. The zero-order chi connectivity index (χ0) is 13.3. The second kappa shape index (κ2) is 4.66. The summed E-state index contributed by atoms with van der Waals surface area (Å²) < 4.78 is 21.5. The van der Waals surface area contributed by atoms with Crippen LogP contribution >= 0.6 is 11.6 Å². The minimum absolute atomic E-state index is 0.187. The number of Topliss-reactive ketones (excluding diaryl/α,β-unsaturated/α-hetero) is 1. The van der Waals surface area contributed by atoms with E-state index in [-0.39, 0.29) is 11.3 Å². The van der Waals surface area contributed by atoms with Crippen molar-refractivity contribution in [3.63, 3.8) is 0 Å². The highest BCUT2D eigenvalue weighted by atomic mass is 35.5. The summed E-state index contributed by atoms with van der Waals surface area (Å²) in [5.41, 5.74) is 6.21. The fourth-order valence-corrected chi connectivity index (χ4v) is 2.68. The first-order chi connectivity index (χ1) is 7.72. The Hall–Kier alpha value is -1.07. The Kier molecular flexibility index (Phi) is 3.84. The summed E-state index contributed by atoms with van der Waals surface area (Å²) in [6, 6.07) is 5.98. The van der Waals surface area contributed by atoms with E-state index < -0.39 is 19.8 Å². The van der Waals surface area contributed by atoms with Crippen LogP contribution in [0.4, 0.5) is 5.69 Å². The lowest BCUT2D eigenvalue weighted by atomic mass is 10.1. The van der Waals surface area contributed by atoms with Crippen LogP contribution < -0.4 is 5.73 Å². The third kappa shape index (κ3) is 2.61. The maximum absolute atomic E-state index is 12.0. The van der Waals surface area contributed by atoms with Crippen molar-refractivity contribution in [2.24, 2.45) is 0 Å². The smallest absolute Gasteiger partial charge is 0.205 e. The second-order valence-electron chi connectivity index (χ2n) is 3.77. The van der Waals surface area contributed by atoms with Crippen molar-refractivity contribution in [3.8, 4) is 0 Å². The number of rotatable bonds is 4. The number of anilines is 1. The van der Waals surface area contributed by atoms with E-state index in [2.05, 4.69) is 0 Å². The largest absolute Gasteiger partial charge is 0.399 e. The fraction of sp³-hybridized carbons (Fsp3) is 0.364. The SMILES string of the molecule is CCS(=O)(=O)C(C)(Cl)C(=O)c1ccc(N)cc1. The van der Waals surface area contributed by atoms with Crippen LogP contribution in [0.3, 0.4) is 0 Å². The van der Waals surface area contributed by atoms with Crippen LogP contribution in [0.15, 0.2) is 24.3 Å². The third-order valence-corrected chi connectivity index (χ3v) is 5.53. The molecule has 17 heavy (non-hydrogen) atoms. The molecule has 6 heteroatoms. The summed E-state index contributed by atoms with van der Waals surface area (Å²) in [4.78, 5) is 12.0. The Morgan fingerprint density at radius 1 is 1.35 bits per heavy atom. The number of nitrogen functional groups attached to an aromatic ring is 1. The molecule has 0 saturated heterocycles. The number of sulfone groups is 1. The zero-order valence-corrected chi connectivity index (χ0v) is 11.2. The lowest BCUT2D eigenvalue weighted by Crippen LogP contribution is -2.39. The number of carbonyl (C=O) groups is 1. The fourth-order valence-electron chi connectivity index (χ4n) is 1.30. The maximum atomic E-state index is 12.0. The van der Waals surface area contributed by atoms with Crippen LogP contribution in [0.5, 0.6) is 0 Å². The van der Waals surface area contributed by atoms with E-state index in [4.69, 9.17) is 17.3 Å². The summed E-state index contributed by atoms with van der Waals surface area (Å²) in [7, 11) is -3.67. The van der Waals surface area contributed by atoms with E-state index in [1.807, 2.05) is 0 Å². The van der Waals surface area contributed by atoms with Gasteiger partial charge in [-0.25, -0.2) is 8.42 Å². The van der Waals surface area contributed by atoms with Gasteiger partial charge in [0.05, 0.1) is 0 Å². The topological polar surface area (TPSA) is 77.2 Å². The molecule has 1 atom stereocenters. The number of hydrogen-bond donors (Lipinski definition) is 1. The van der Waals surface area contributed by atoms with Gasteiger partial charge in [0.1, 0.15) is 0 Å². The molecule has 4 nitrogen and oxygen atoms in total. The summed E-state index contributed by atoms with van der Waals surface area (Å²) in [5.74, 6) is -0.825. The number of nitrogens with two attached hydrogens (primary N) is 1. The van der Waals surface area contributed by atoms with Crippen molar-refractivity contribution in [1.82, 2.24) is 0 Å². The van der Waals surface area contributed by atoms with E-state index in [1.165, 1.54) is 38.1 Å². The molecule has 1 unspecified atom stereocenters. The molecule has 0 saturated carbocycles. The number of ketones is 1. The average Bonchev–Trinajstić information content (AvgIpc) is 2.28. The first-order valence-electron chi connectivity index (χ1n) is 5.04. The van der Waals surface area contributed by atoms with Crippen LogP contribution in [0.2, 0.25) is 0 Å². The Morgan fingerprint density at radius 3 is 2.24 bits per heavy atom. The highest BCUT2D eigenvalue weighted by Gasteiger charge is 2.43. The number of carbonyl (C=O) groups excluding carboxylic acids is 1. The van der Waals surface area contributed by atoms with Gasteiger partial charge < -0.3 is 5.73 Å². The van der Waals surface area contributed by atoms with E-state index in [9.17, 15) is 13.2 Å². The molecule has 0 fully saturated rings. The van der Waals surface area contributed by atoms with Crippen molar-refractivity contribution >= 4 is 32.9 Å². The zero-order valence-electron chi connectivity index (χ0n) is 9.60. The highest BCUT2D eigenvalue weighted by molar-refractivity contribution is 7.95. The van der Waals surface area contributed by atoms with Gasteiger partial charge in [-0.2, -0.15) is 0 Å². The van der Waals surface area contributed by atoms with Gasteiger partial charge in [-0.05, 0) is 31.2 Å². The highest BCUT2D eigenvalue weighted by Crippen LogP contribution is 2.28. The predicted octanol–water partition coefficient (Wildman–Crippen LogP) is 1.84. The van der Waals surface area contributed by atoms with Gasteiger partial charge >= 0.3 is 0 Å². The van der Waals surface area contributed by atoms with Crippen LogP contribution in [-0.4, -0.2) is 24.2 Å². The molecular weight excluding hydrogens is 262 g/mol. The molecule has 1 aromatic carbocycles. The lowest BCUT2D eigenvalue weighted by Gasteiger charge is -2.20. The van der Waals surface area contributed by atoms with Crippen molar-refractivity contribution in [2.75, 3.05) is 11.5 Å². The van der Waals surface area contributed by atoms with E-state index >= 15 is 0 Å². The molecule has 0 bridgehead atoms. The maximum Gasteiger partial charge on any atom is 0.205 e. The first kappa shape index (κ1) is 14.0. The molecular formula is C11H14ClNO3S. The normalized spacial score (nSPS) is 15.2. The van der Waals surface area contributed by atoms with Crippen molar-refractivity contribution < 1.29 is 13.2 Å². The minimum atomic E-state index is -3.67. The van der Waals surface area contributed by atoms with Crippen LogP contribution in [0, 0.1) is 0 Å². The van der Waals surface area contributed by atoms with Crippen molar-refractivity contribution in [1.29, 1.82) is 0 Å². The number of alkyl halides is 1. The summed E-state index contributed by atoms with van der Waals surface area (Å²) in [6.45, 7) is 2.65. The van der Waals surface area contributed by atoms with Gasteiger partial charge in [0.2, 0.25) is 4.21 Å². The predicted molar refractivity (Wildman–Crippen MR) is 68.9 cm³/mol. The van der Waals surface area contributed by atoms with Gasteiger partial charge in [-0.3, -0.25) is 4.79 Å². The molecule has 0 aliphatic carbocycles. The Balaban J connectivity index is 3.18. The third-order valence-electron chi connectivity index (χ3n) is 2.54. The molecule has 1 aromatic rings. The van der Waals surface area contributed by atoms with Gasteiger partial charge in [-0.15, -0.1) is 0 Å². The van der Waals surface area contributed by atoms with Crippen molar-refractivity contribution in [3.05, 3.63) is 29.8 Å². The average molecular weight is 276 g/mol. The summed E-state index contributed by atoms with van der Waals surface area (Å²) >= 11 is 5.88. The Bertz CT molecular complexity index is 520. The number of benzene rings is 1. The molecule has 0 aromatic heterocycles. The van der Waals surface area contributed by atoms with Gasteiger partial charge in [0, 0.05) is 17.0 Å². The molecule has 0 aliphatic heterocycles. The van der Waals surface area contributed by atoms with Gasteiger partial charge in [0.15, 0.2) is 15.6 Å². The molecule has 0 radical (unpaired) electrons. The van der Waals surface area contributed by atoms with Crippen LogP contribution in [0.1, 0.15) is 24.2 Å². The van der Waals surface area contributed by atoms with Crippen molar-refractivity contribution in [2.45, 2.75) is 18.1 Å². The summed E-state index contributed by atoms with van der Waals surface area (Å²) in [5, 5.41) is 0. The molecule has 0 heterocycles. The molecule has 0 aliphatic rings. The summed E-state index contributed by atoms with van der Waals surface area (Å²) in [6.07, 6.45) is 0. The van der Waals surface area contributed by atoms with E-state index in [0.29, 0.717) is 5.69 Å². The van der Waals surface area contributed by atoms with Crippen LogP contribution in [-0.2, 0) is 9.84 Å².